The molecule has 0 saturated heterocycles. The number of aliphatic hydroxyl groups excluding tert-OH is 1. The summed E-state index contributed by atoms with van der Waals surface area (Å²) in [4.78, 5) is 0. The van der Waals surface area contributed by atoms with Crippen molar-refractivity contribution in [1.82, 2.24) is 0 Å². The van der Waals surface area contributed by atoms with E-state index in [1.165, 1.54) is 0 Å². The number of hydrogen-bond acceptors (Lipinski definition) is 1. The number of hydrogen-bond donors (Lipinski definition) is 1. The Morgan fingerprint density at radius 2 is 1.92 bits per heavy atom. The molecule has 78 valence electrons. The summed E-state index contributed by atoms with van der Waals surface area (Å²) in [6.07, 6.45) is -1.22. The lowest BCUT2D eigenvalue weighted by Crippen LogP contribution is -2.23. The smallest absolute Gasteiger partial charge is 0.389 e. The van der Waals surface area contributed by atoms with Gasteiger partial charge in [-0.25, -0.2) is 0 Å². The Kier molecular flexibility index (Phi) is 3.59. The summed E-state index contributed by atoms with van der Waals surface area (Å²) >= 11 is 0. The first kappa shape index (κ1) is 10.8. The van der Waals surface area contributed by atoms with Crippen LogP contribution in [0.5, 0.6) is 0 Å². The molecule has 1 N–H and O–H groups in total. The third kappa shape index (κ3) is 3.98. The van der Waals surface area contributed by atoms with E-state index in [2.05, 4.69) is 0 Å². The Hall–Kier alpha value is -0.250. The van der Waals surface area contributed by atoms with Crippen LogP contribution in [-0.4, -0.2) is 17.9 Å². The summed E-state index contributed by atoms with van der Waals surface area (Å²) in [6, 6.07) is 0. The van der Waals surface area contributed by atoms with Gasteiger partial charge < -0.3 is 5.11 Å². The van der Waals surface area contributed by atoms with Crippen molar-refractivity contribution in [3.8, 4) is 0 Å². The van der Waals surface area contributed by atoms with Crippen LogP contribution in [0.4, 0.5) is 13.2 Å². The summed E-state index contributed by atoms with van der Waals surface area (Å²) in [5.41, 5.74) is 0. The molecule has 0 radical (unpaired) electrons. The van der Waals surface area contributed by atoms with E-state index >= 15 is 0 Å². The van der Waals surface area contributed by atoms with E-state index in [4.69, 9.17) is 5.11 Å². The fourth-order valence-corrected chi connectivity index (χ4v) is 1.75. The van der Waals surface area contributed by atoms with Crippen LogP contribution >= 0.6 is 0 Å². The first-order valence-corrected chi connectivity index (χ1v) is 4.69. The minimum absolute atomic E-state index is 0.337. The average molecular weight is 196 g/mol. The van der Waals surface area contributed by atoms with Gasteiger partial charge in [0.05, 0.1) is 0 Å². The molecule has 1 aliphatic rings. The lowest BCUT2D eigenvalue weighted by atomic mass is 9.78. The Morgan fingerprint density at radius 1 is 1.31 bits per heavy atom. The van der Waals surface area contributed by atoms with Crippen molar-refractivity contribution in [1.29, 1.82) is 0 Å². The van der Waals surface area contributed by atoms with Crippen molar-refractivity contribution in [2.24, 2.45) is 11.8 Å². The van der Waals surface area contributed by atoms with E-state index in [1.54, 1.807) is 0 Å². The lowest BCUT2D eigenvalue weighted by molar-refractivity contribution is -0.149. The Bertz CT molecular complexity index is 151. The first-order chi connectivity index (χ1) is 6.01. The van der Waals surface area contributed by atoms with Crippen LogP contribution in [0.15, 0.2) is 0 Å². The maximum Gasteiger partial charge on any atom is 0.389 e. The van der Waals surface area contributed by atoms with Crippen molar-refractivity contribution >= 4 is 0 Å². The third-order valence-corrected chi connectivity index (χ3v) is 2.67. The minimum atomic E-state index is -4.13. The molecule has 1 nitrogen and oxygen atoms in total. The number of aliphatic hydroxyl groups is 1. The quantitative estimate of drug-likeness (QED) is 0.733. The Balaban J connectivity index is 2.25. The molecule has 0 aromatic carbocycles. The highest BCUT2D eigenvalue weighted by atomic mass is 19.4. The summed E-state index contributed by atoms with van der Waals surface area (Å²) in [6.45, 7) is -0.337. The lowest BCUT2D eigenvalue weighted by Gasteiger charge is -2.29. The summed E-state index contributed by atoms with van der Waals surface area (Å²) < 4.78 is 35.9. The van der Waals surface area contributed by atoms with E-state index in [0.29, 0.717) is 12.3 Å². The molecule has 0 aromatic rings. The second-order valence-electron chi connectivity index (χ2n) is 3.90. The molecule has 13 heavy (non-hydrogen) atoms. The highest BCUT2D eigenvalue weighted by Gasteiger charge is 2.33. The van der Waals surface area contributed by atoms with Gasteiger partial charge in [-0.15, -0.1) is 0 Å². The fourth-order valence-electron chi connectivity index (χ4n) is 1.75. The fraction of sp³-hybridized carbons (Fsp3) is 1.00. The van der Waals surface area contributed by atoms with Gasteiger partial charge in [-0.2, -0.15) is 13.2 Å². The molecule has 0 unspecified atom stereocenters. The van der Waals surface area contributed by atoms with E-state index < -0.39 is 18.5 Å². The molecule has 0 aromatic heterocycles. The average Bonchev–Trinajstić information content (AvgIpc) is 1.91. The van der Waals surface area contributed by atoms with Gasteiger partial charge in [0.2, 0.25) is 0 Å². The predicted octanol–water partition coefficient (Wildman–Crippen LogP) is 2.74. The highest BCUT2D eigenvalue weighted by molar-refractivity contribution is 4.74. The molecular weight excluding hydrogens is 181 g/mol. The van der Waals surface area contributed by atoms with Crippen molar-refractivity contribution in [2.45, 2.75) is 38.3 Å². The summed E-state index contributed by atoms with van der Waals surface area (Å²) in [7, 11) is 0. The van der Waals surface area contributed by atoms with Gasteiger partial charge in [0.25, 0.3) is 0 Å². The van der Waals surface area contributed by atoms with Gasteiger partial charge in [-0.05, 0) is 18.3 Å². The van der Waals surface area contributed by atoms with E-state index in [9.17, 15) is 13.2 Å². The van der Waals surface area contributed by atoms with Gasteiger partial charge in [-0.1, -0.05) is 19.3 Å². The maximum absolute atomic E-state index is 12.0. The van der Waals surface area contributed by atoms with Gasteiger partial charge in [-0.3, -0.25) is 0 Å². The predicted molar refractivity (Wildman–Crippen MR) is 43.2 cm³/mol. The molecule has 1 fully saturated rings. The molecule has 0 aliphatic heterocycles. The molecular formula is C9H15F3O. The van der Waals surface area contributed by atoms with Crippen molar-refractivity contribution in [3.05, 3.63) is 0 Å². The molecule has 0 heterocycles. The van der Waals surface area contributed by atoms with Gasteiger partial charge in [0.1, 0.15) is 0 Å². The minimum Gasteiger partial charge on any atom is -0.396 e. The molecule has 1 atom stereocenters. The molecule has 1 aliphatic carbocycles. The Labute approximate surface area is 75.9 Å². The normalized spacial score (nSPS) is 21.2. The Morgan fingerprint density at radius 3 is 2.23 bits per heavy atom. The van der Waals surface area contributed by atoms with Crippen LogP contribution in [0.2, 0.25) is 0 Å². The monoisotopic (exact) mass is 196 g/mol. The van der Waals surface area contributed by atoms with Crippen LogP contribution in [0.25, 0.3) is 0 Å². The summed E-state index contributed by atoms with van der Waals surface area (Å²) in [5.74, 6) is -0.148. The van der Waals surface area contributed by atoms with Crippen LogP contribution < -0.4 is 0 Å². The van der Waals surface area contributed by atoms with E-state index in [-0.39, 0.29) is 6.61 Å². The van der Waals surface area contributed by atoms with Crippen molar-refractivity contribution < 1.29 is 18.3 Å². The molecule has 0 amide bonds. The van der Waals surface area contributed by atoms with Crippen molar-refractivity contribution in [2.75, 3.05) is 6.61 Å². The maximum atomic E-state index is 12.0. The number of alkyl halides is 3. The topological polar surface area (TPSA) is 20.2 Å². The molecule has 0 spiro atoms. The van der Waals surface area contributed by atoms with E-state index in [1.807, 2.05) is 0 Å². The van der Waals surface area contributed by atoms with Crippen molar-refractivity contribution in [3.63, 3.8) is 0 Å². The van der Waals surface area contributed by atoms with Gasteiger partial charge in [0, 0.05) is 13.0 Å². The standard InChI is InChI=1S/C9H15F3O/c10-9(11,12)5-8(6-13)4-7-2-1-3-7/h7-8,13H,1-6H2/t8-/m1/s1. The molecule has 4 heteroatoms. The second-order valence-corrected chi connectivity index (χ2v) is 3.90. The largest absolute Gasteiger partial charge is 0.396 e. The van der Waals surface area contributed by atoms with Crippen LogP contribution in [0.1, 0.15) is 32.1 Å². The zero-order chi connectivity index (χ0) is 9.90. The number of rotatable bonds is 4. The van der Waals surface area contributed by atoms with Crippen LogP contribution in [0.3, 0.4) is 0 Å². The zero-order valence-electron chi connectivity index (χ0n) is 7.48. The van der Waals surface area contributed by atoms with Crippen LogP contribution in [-0.2, 0) is 0 Å². The molecule has 1 rings (SSSR count). The summed E-state index contributed by atoms with van der Waals surface area (Å²) in [5, 5.41) is 8.76. The van der Waals surface area contributed by atoms with E-state index in [0.717, 1.165) is 19.3 Å². The van der Waals surface area contributed by atoms with Gasteiger partial charge >= 0.3 is 6.18 Å². The molecule has 1 saturated carbocycles. The first-order valence-electron chi connectivity index (χ1n) is 4.69. The second kappa shape index (κ2) is 4.31. The molecule has 0 bridgehead atoms. The SMILES string of the molecule is OC[C@H](CC1CCC1)CC(F)(F)F. The van der Waals surface area contributed by atoms with Gasteiger partial charge in [0.15, 0.2) is 0 Å². The highest BCUT2D eigenvalue weighted by Crippen LogP contribution is 2.35. The number of halogens is 3. The van der Waals surface area contributed by atoms with Crippen LogP contribution in [0, 0.1) is 11.8 Å². The third-order valence-electron chi connectivity index (χ3n) is 2.67. The zero-order valence-corrected chi connectivity index (χ0v) is 7.48.